The number of halogens is 2. The van der Waals surface area contributed by atoms with E-state index in [1.807, 2.05) is 12.1 Å². The number of carbonyl (C=O) groups excluding carboxylic acids is 1. The Morgan fingerprint density at radius 1 is 1.14 bits per heavy atom. The van der Waals surface area contributed by atoms with Gasteiger partial charge in [0, 0.05) is 22.8 Å². The SMILES string of the molecule is CN(CCOc1cccc(Cl)c1)C(=O)Nc1cccc(Cl)c1. The first-order valence-electron chi connectivity index (χ1n) is 6.70. The maximum absolute atomic E-state index is 12.0. The second-order valence-electron chi connectivity index (χ2n) is 4.67. The van der Waals surface area contributed by atoms with Gasteiger partial charge in [0.05, 0.1) is 6.54 Å². The molecule has 0 saturated heterocycles. The van der Waals surface area contributed by atoms with Crippen molar-refractivity contribution in [2.45, 2.75) is 0 Å². The van der Waals surface area contributed by atoms with E-state index in [9.17, 15) is 4.79 Å². The number of hydrogen-bond acceptors (Lipinski definition) is 2. The summed E-state index contributed by atoms with van der Waals surface area (Å²) in [7, 11) is 1.70. The topological polar surface area (TPSA) is 41.6 Å². The Balaban J connectivity index is 1.79. The molecule has 0 radical (unpaired) electrons. The van der Waals surface area contributed by atoms with Crippen LogP contribution in [-0.4, -0.2) is 31.1 Å². The van der Waals surface area contributed by atoms with Crippen LogP contribution in [0.4, 0.5) is 10.5 Å². The number of likely N-dealkylation sites (N-methyl/N-ethyl adjacent to an activating group) is 1. The fourth-order valence-corrected chi connectivity index (χ4v) is 2.11. The summed E-state index contributed by atoms with van der Waals surface area (Å²) in [6.45, 7) is 0.818. The largest absolute Gasteiger partial charge is 0.492 e. The molecule has 22 heavy (non-hydrogen) atoms. The monoisotopic (exact) mass is 338 g/mol. The zero-order chi connectivity index (χ0) is 15.9. The number of urea groups is 1. The van der Waals surface area contributed by atoms with Crippen LogP contribution < -0.4 is 10.1 Å². The molecule has 2 amide bonds. The summed E-state index contributed by atoms with van der Waals surface area (Å²) < 4.78 is 5.55. The highest BCUT2D eigenvalue weighted by Crippen LogP contribution is 2.17. The average molecular weight is 339 g/mol. The number of benzene rings is 2. The van der Waals surface area contributed by atoms with Gasteiger partial charge < -0.3 is 15.0 Å². The summed E-state index contributed by atoms with van der Waals surface area (Å²) >= 11 is 11.8. The molecule has 2 rings (SSSR count). The highest BCUT2D eigenvalue weighted by atomic mass is 35.5. The molecule has 0 heterocycles. The lowest BCUT2D eigenvalue weighted by atomic mass is 10.3. The van der Waals surface area contributed by atoms with Gasteiger partial charge in [-0.3, -0.25) is 0 Å². The fraction of sp³-hybridized carbons (Fsp3) is 0.188. The minimum atomic E-state index is -0.225. The Hall–Kier alpha value is -1.91. The summed E-state index contributed by atoms with van der Waals surface area (Å²) in [5, 5.41) is 3.96. The Kier molecular flexibility index (Phi) is 5.92. The predicted octanol–water partition coefficient (Wildman–Crippen LogP) is 4.54. The summed E-state index contributed by atoms with van der Waals surface area (Å²) in [5.74, 6) is 0.677. The van der Waals surface area contributed by atoms with Crippen LogP contribution in [0.2, 0.25) is 10.0 Å². The minimum Gasteiger partial charge on any atom is -0.492 e. The zero-order valence-corrected chi connectivity index (χ0v) is 13.6. The van der Waals surface area contributed by atoms with Crippen LogP contribution >= 0.6 is 23.2 Å². The van der Waals surface area contributed by atoms with Gasteiger partial charge in [-0.15, -0.1) is 0 Å². The highest BCUT2D eigenvalue weighted by Gasteiger charge is 2.09. The number of nitrogens with one attached hydrogen (secondary N) is 1. The van der Waals surface area contributed by atoms with Crippen LogP contribution in [0.1, 0.15) is 0 Å². The molecule has 0 bridgehead atoms. The number of nitrogens with zero attached hydrogens (tertiary/aromatic N) is 1. The predicted molar refractivity (Wildman–Crippen MR) is 90.0 cm³/mol. The van der Waals surface area contributed by atoms with E-state index >= 15 is 0 Å². The lowest BCUT2D eigenvalue weighted by molar-refractivity contribution is 0.207. The van der Waals surface area contributed by atoms with Gasteiger partial charge in [0.25, 0.3) is 0 Å². The Labute approximate surface area is 139 Å². The lowest BCUT2D eigenvalue weighted by Crippen LogP contribution is -2.34. The van der Waals surface area contributed by atoms with Crippen LogP contribution in [0.15, 0.2) is 48.5 Å². The van der Waals surface area contributed by atoms with Crippen molar-refractivity contribution < 1.29 is 9.53 Å². The van der Waals surface area contributed by atoms with E-state index in [-0.39, 0.29) is 6.03 Å². The van der Waals surface area contributed by atoms with Crippen molar-refractivity contribution in [1.29, 1.82) is 0 Å². The smallest absolute Gasteiger partial charge is 0.321 e. The molecule has 116 valence electrons. The van der Waals surface area contributed by atoms with Gasteiger partial charge in [-0.05, 0) is 36.4 Å². The molecule has 0 atom stereocenters. The molecular formula is C16H16Cl2N2O2. The van der Waals surface area contributed by atoms with Crippen LogP contribution in [0.5, 0.6) is 5.75 Å². The minimum absolute atomic E-state index is 0.225. The Bertz CT molecular complexity index is 650. The molecule has 0 aliphatic heterocycles. The third-order valence-electron chi connectivity index (χ3n) is 2.91. The van der Waals surface area contributed by atoms with Crippen LogP contribution in [0, 0.1) is 0 Å². The van der Waals surface area contributed by atoms with Crippen LogP contribution in [0.25, 0.3) is 0 Å². The van der Waals surface area contributed by atoms with Crippen molar-refractivity contribution in [2.75, 3.05) is 25.5 Å². The molecule has 2 aromatic rings. The molecule has 0 aromatic heterocycles. The van der Waals surface area contributed by atoms with Crippen LogP contribution in [0.3, 0.4) is 0 Å². The van der Waals surface area contributed by atoms with E-state index in [0.717, 1.165) is 0 Å². The molecule has 2 aromatic carbocycles. The van der Waals surface area contributed by atoms with E-state index < -0.39 is 0 Å². The quantitative estimate of drug-likeness (QED) is 0.869. The van der Waals surface area contributed by atoms with Crippen molar-refractivity contribution in [2.24, 2.45) is 0 Å². The second kappa shape index (κ2) is 7.92. The van der Waals surface area contributed by atoms with Gasteiger partial charge in [-0.25, -0.2) is 4.79 Å². The molecule has 0 spiro atoms. The van der Waals surface area contributed by atoms with Gasteiger partial charge in [0.15, 0.2) is 0 Å². The molecule has 0 unspecified atom stereocenters. The second-order valence-corrected chi connectivity index (χ2v) is 5.54. The van der Waals surface area contributed by atoms with E-state index in [1.165, 1.54) is 4.90 Å². The summed E-state index contributed by atoms with van der Waals surface area (Å²) in [4.78, 5) is 13.5. The first kappa shape index (κ1) is 16.5. The van der Waals surface area contributed by atoms with Crippen LogP contribution in [-0.2, 0) is 0 Å². The molecule has 4 nitrogen and oxygen atoms in total. The normalized spacial score (nSPS) is 10.1. The number of ether oxygens (including phenoxy) is 1. The highest BCUT2D eigenvalue weighted by molar-refractivity contribution is 6.31. The van der Waals surface area contributed by atoms with Crippen molar-refractivity contribution >= 4 is 34.9 Å². The van der Waals surface area contributed by atoms with Gasteiger partial charge >= 0.3 is 6.03 Å². The van der Waals surface area contributed by atoms with Gasteiger partial charge in [0.2, 0.25) is 0 Å². The molecule has 0 fully saturated rings. The molecule has 0 aliphatic carbocycles. The molecular weight excluding hydrogens is 323 g/mol. The number of rotatable bonds is 5. The summed E-state index contributed by atoms with van der Waals surface area (Å²) in [5.41, 5.74) is 0.653. The standard InChI is InChI=1S/C16H16Cl2N2O2/c1-20(8-9-22-15-7-3-5-13(18)11-15)16(21)19-14-6-2-4-12(17)10-14/h2-7,10-11H,8-9H2,1H3,(H,19,21). The fourth-order valence-electron chi connectivity index (χ4n) is 1.74. The third-order valence-corrected chi connectivity index (χ3v) is 3.38. The van der Waals surface area contributed by atoms with Gasteiger partial charge in [-0.2, -0.15) is 0 Å². The third kappa shape index (κ3) is 5.13. The first-order valence-corrected chi connectivity index (χ1v) is 7.46. The first-order chi connectivity index (χ1) is 10.5. The van der Waals surface area contributed by atoms with Gasteiger partial charge in [-0.1, -0.05) is 35.3 Å². The zero-order valence-electron chi connectivity index (χ0n) is 12.1. The number of hydrogen-bond donors (Lipinski definition) is 1. The van der Waals surface area contributed by atoms with Crippen molar-refractivity contribution in [3.63, 3.8) is 0 Å². The maximum atomic E-state index is 12.0. The summed E-state index contributed by atoms with van der Waals surface area (Å²) in [6.07, 6.45) is 0. The van der Waals surface area contributed by atoms with E-state index in [4.69, 9.17) is 27.9 Å². The van der Waals surface area contributed by atoms with E-state index in [2.05, 4.69) is 5.32 Å². The average Bonchev–Trinajstić information content (AvgIpc) is 2.47. The molecule has 6 heteroatoms. The number of anilines is 1. The van der Waals surface area contributed by atoms with E-state index in [0.29, 0.717) is 34.6 Å². The summed E-state index contributed by atoms with van der Waals surface area (Å²) in [6, 6.07) is 13.9. The van der Waals surface area contributed by atoms with Crippen molar-refractivity contribution in [1.82, 2.24) is 4.90 Å². The van der Waals surface area contributed by atoms with E-state index in [1.54, 1.807) is 43.4 Å². The van der Waals surface area contributed by atoms with Crippen molar-refractivity contribution in [3.8, 4) is 5.75 Å². The molecule has 1 N–H and O–H groups in total. The lowest BCUT2D eigenvalue weighted by Gasteiger charge is -2.18. The Morgan fingerprint density at radius 3 is 2.50 bits per heavy atom. The van der Waals surface area contributed by atoms with Crippen molar-refractivity contribution in [3.05, 3.63) is 58.6 Å². The Morgan fingerprint density at radius 2 is 1.82 bits per heavy atom. The molecule has 0 saturated carbocycles. The number of amides is 2. The maximum Gasteiger partial charge on any atom is 0.321 e. The van der Waals surface area contributed by atoms with Gasteiger partial charge in [0.1, 0.15) is 12.4 Å². The molecule has 0 aliphatic rings. The number of carbonyl (C=O) groups is 1.